The van der Waals surface area contributed by atoms with Gasteiger partial charge in [-0.25, -0.2) is 0 Å². The molecule has 1 aliphatic heterocycles. The Bertz CT molecular complexity index is 193. The van der Waals surface area contributed by atoms with E-state index in [1.165, 1.54) is 0 Å². The predicted molar refractivity (Wildman–Crippen MR) is 63.8 cm³/mol. The summed E-state index contributed by atoms with van der Waals surface area (Å²) in [4.78, 5) is 2.47. The van der Waals surface area contributed by atoms with Crippen LogP contribution in [0.2, 0.25) is 0 Å². The monoisotopic (exact) mass is 215 g/mol. The molecule has 1 fully saturated rings. The van der Waals surface area contributed by atoms with Crippen LogP contribution in [0.4, 0.5) is 4.39 Å². The highest BCUT2D eigenvalue weighted by atomic mass is 19.1. The molecule has 0 N–H and O–H groups in total. The molecule has 0 aliphatic carbocycles. The largest absolute Gasteiger partial charge is 0.303 e. The Balaban J connectivity index is 2.68. The highest BCUT2D eigenvalue weighted by Gasteiger charge is 2.39. The van der Waals surface area contributed by atoms with Crippen LogP contribution >= 0.6 is 0 Å². The summed E-state index contributed by atoms with van der Waals surface area (Å²) in [7, 11) is 0. The first-order valence-corrected chi connectivity index (χ1v) is 6.30. The first kappa shape index (κ1) is 13.0. The molecule has 0 spiro atoms. The van der Waals surface area contributed by atoms with Crippen LogP contribution in [0.25, 0.3) is 0 Å². The molecule has 0 aromatic carbocycles. The van der Waals surface area contributed by atoms with Crippen molar-refractivity contribution in [2.45, 2.75) is 40.5 Å². The van der Waals surface area contributed by atoms with E-state index in [9.17, 15) is 4.39 Å². The van der Waals surface area contributed by atoms with Crippen LogP contribution in [0, 0.1) is 17.3 Å². The van der Waals surface area contributed by atoms with E-state index in [0.717, 1.165) is 32.5 Å². The molecule has 0 bridgehead atoms. The minimum Gasteiger partial charge on any atom is -0.303 e. The van der Waals surface area contributed by atoms with Crippen molar-refractivity contribution in [1.29, 1.82) is 0 Å². The summed E-state index contributed by atoms with van der Waals surface area (Å²) in [6, 6.07) is 0. The average molecular weight is 215 g/mol. The summed E-state index contributed by atoms with van der Waals surface area (Å²) < 4.78 is 13.0. The number of nitrogens with zero attached hydrogens (tertiary/aromatic N) is 1. The van der Waals surface area contributed by atoms with Gasteiger partial charge in [-0.2, -0.15) is 0 Å². The van der Waals surface area contributed by atoms with Crippen LogP contribution in [-0.2, 0) is 0 Å². The minimum atomic E-state index is -0.138. The summed E-state index contributed by atoms with van der Waals surface area (Å²) in [6.07, 6.45) is 2.19. The lowest BCUT2D eigenvalue weighted by Gasteiger charge is -2.46. The predicted octanol–water partition coefficient (Wildman–Crippen LogP) is 3.35. The molecule has 1 aliphatic rings. The van der Waals surface area contributed by atoms with Crippen molar-refractivity contribution in [1.82, 2.24) is 4.90 Å². The van der Waals surface area contributed by atoms with Gasteiger partial charge in [0.2, 0.25) is 0 Å². The van der Waals surface area contributed by atoms with Gasteiger partial charge in [-0.3, -0.25) is 4.39 Å². The lowest BCUT2D eigenvalue weighted by Crippen LogP contribution is -2.48. The molecule has 1 heterocycles. The van der Waals surface area contributed by atoms with E-state index < -0.39 is 0 Å². The van der Waals surface area contributed by atoms with Gasteiger partial charge in [0.05, 0.1) is 6.67 Å². The third kappa shape index (κ3) is 3.17. The second kappa shape index (κ2) is 5.29. The van der Waals surface area contributed by atoms with E-state index in [1.807, 2.05) is 0 Å². The van der Waals surface area contributed by atoms with Crippen LogP contribution in [0.1, 0.15) is 40.5 Å². The van der Waals surface area contributed by atoms with Crippen molar-refractivity contribution in [3.63, 3.8) is 0 Å². The zero-order valence-corrected chi connectivity index (χ0v) is 10.7. The molecule has 2 atom stereocenters. The van der Waals surface area contributed by atoms with Crippen LogP contribution in [0.3, 0.4) is 0 Å². The van der Waals surface area contributed by atoms with Gasteiger partial charge in [0.15, 0.2) is 0 Å². The normalized spacial score (nSPS) is 33.6. The highest BCUT2D eigenvalue weighted by Crippen LogP contribution is 2.40. The molecular weight excluding hydrogens is 189 g/mol. The number of hydrogen-bond donors (Lipinski definition) is 0. The Morgan fingerprint density at radius 3 is 2.60 bits per heavy atom. The summed E-state index contributed by atoms with van der Waals surface area (Å²) in [6.45, 7) is 12.1. The molecule has 0 aromatic rings. The van der Waals surface area contributed by atoms with Crippen molar-refractivity contribution in [3.8, 4) is 0 Å². The molecule has 1 rings (SSSR count). The molecule has 0 aromatic heterocycles. The molecule has 90 valence electrons. The van der Waals surface area contributed by atoms with E-state index >= 15 is 0 Å². The number of rotatable bonds is 4. The lowest BCUT2D eigenvalue weighted by molar-refractivity contribution is 0.0143. The molecule has 15 heavy (non-hydrogen) atoms. The third-order valence-electron chi connectivity index (χ3n) is 3.87. The lowest BCUT2D eigenvalue weighted by atomic mass is 9.68. The molecule has 0 amide bonds. The first-order valence-electron chi connectivity index (χ1n) is 6.30. The number of hydrogen-bond acceptors (Lipinski definition) is 1. The van der Waals surface area contributed by atoms with Crippen LogP contribution in [0.15, 0.2) is 0 Å². The quantitative estimate of drug-likeness (QED) is 0.695. The average Bonchev–Trinajstić information content (AvgIpc) is 2.15. The standard InChI is InChI=1S/C13H26FN/c1-5-15-7-6-12(9-14)13(4,10-15)8-11(2)3/h11-12H,5-10H2,1-4H3/t12?,13-/m1/s1. The van der Waals surface area contributed by atoms with Crippen molar-refractivity contribution >= 4 is 0 Å². The Morgan fingerprint density at radius 2 is 2.13 bits per heavy atom. The van der Waals surface area contributed by atoms with Crippen molar-refractivity contribution in [3.05, 3.63) is 0 Å². The Labute approximate surface area is 94.0 Å². The third-order valence-corrected chi connectivity index (χ3v) is 3.87. The second-order valence-electron chi connectivity index (χ2n) is 5.76. The summed E-state index contributed by atoms with van der Waals surface area (Å²) in [5.74, 6) is 0.948. The van der Waals surface area contributed by atoms with Crippen LogP contribution < -0.4 is 0 Å². The van der Waals surface area contributed by atoms with E-state index in [4.69, 9.17) is 0 Å². The maximum Gasteiger partial charge on any atom is 0.0928 e. The van der Waals surface area contributed by atoms with Crippen molar-refractivity contribution in [2.75, 3.05) is 26.3 Å². The van der Waals surface area contributed by atoms with Gasteiger partial charge in [-0.05, 0) is 43.2 Å². The van der Waals surface area contributed by atoms with Gasteiger partial charge in [0.1, 0.15) is 0 Å². The second-order valence-corrected chi connectivity index (χ2v) is 5.76. The topological polar surface area (TPSA) is 3.24 Å². The molecule has 0 radical (unpaired) electrons. The fraction of sp³-hybridized carbons (Fsp3) is 1.00. The van der Waals surface area contributed by atoms with Gasteiger partial charge >= 0.3 is 0 Å². The summed E-state index contributed by atoms with van der Waals surface area (Å²) >= 11 is 0. The van der Waals surface area contributed by atoms with E-state index in [-0.39, 0.29) is 18.0 Å². The zero-order chi connectivity index (χ0) is 11.5. The Morgan fingerprint density at radius 1 is 1.47 bits per heavy atom. The molecular formula is C13H26FN. The van der Waals surface area contributed by atoms with Crippen molar-refractivity contribution < 1.29 is 4.39 Å². The van der Waals surface area contributed by atoms with Gasteiger partial charge in [0.25, 0.3) is 0 Å². The SMILES string of the molecule is CCN1CCC(CF)[C@](C)(CC(C)C)C1. The first-order chi connectivity index (χ1) is 7.01. The molecule has 1 nitrogen and oxygen atoms in total. The molecule has 0 saturated carbocycles. The smallest absolute Gasteiger partial charge is 0.0928 e. The number of likely N-dealkylation sites (tertiary alicyclic amines) is 1. The van der Waals surface area contributed by atoms with Gasteiger partial charge in [-0.15, -0.1) is 0 Å². The molecule has 1 unspecified atom stereocenters. The maximum atomic E-state index is 13.0. The summed E-state index contributed by atoms with van der Waals surface area (Å²) in [5.41, 5.74) is 0.192. The maximum absolute atomic E-state index is 13.0. The van der Waals surface area contributed by atoms with Gasteiger partial charge in [0, 0.05) is 6.54 Å². The van der Waals surface area contributed by atoms with Gasteiger partial charge < -0.3 is 4.90 Å². The summed E-state index contributed by atoms with van der Waals surface area (Å²) in [5, 5.41) is 0. The number of piperidine rings is 1. The van der Waals surface area contributed by atoms with Crippen LogP contribution in [-0.4, -0.2) is 31.2 Å². The molecule has 1 saturated heterocycles. The highest BCUT2D eigenvalue weighted by molar-refractivity contribution is 4.90. The Hall–Kier alpha value is -0.110. The van der Waals surface area contributed by atoms with Crippen molar-refractivity contribution in [2.24, 2.45) is 17.3 Å². The number of halogens is 1. The van der Waals surface area contributed by atoms with Crippen LogP contribution in [0.5, 0.6) is 0 Å². The fourth-order valence-electron chi connectivity index (χ4n) is 3.10. The van der Waals surface area contributed by atoms with E-state index in [0.29, 0.717) is 5.92 Å². The molecule has 2 heteroatoms. The Kier molecular flexibility index (Phi) is 4.57. The fourth-order valence-corrected chi connectivity index (χ4v) is 3.10. The zero-order valence-electron chi connectivity index (χ0n) is 10.7. The minimum absolute atomic E-state index is 0.138. The van der Waals surface area contributed by atoms with E-state index in [2.05, 4.69) is 32.6 Å². The van der Waals surface area contributed by atoms with E-state index in [1.54, 1.807) is 0 Å². The number of alkyl halides is 1. The van der Waals surface area contributed by atoms with Gasteiger partial charge in [-0.1, -0.05) is 27.7 Å².